The molecular formula is C8H8ClF2N3O. The number of hydrogen-bond acceptors (Lipinski definition) is 3. The molecule has 7 heteroatoms. The van der Waals surface area contributed by atoms with E-state index in [1.807, 2.05) is 0 Å². The predicted molar refractivity (Wildman–Crippen MR) is 49.6 cm³/mol. The zero-order chi connectivity index (χ0) is 11.3. The zero-order valence-electron chi connectivity index (χ0n) is 7.58. The van der Waals surface area contributed by atoms with Gasteiger partial charge < -0.3 is 5.32 Å². The molecule has 15 heavy (non-hydrogen) atoms. The van der Waals surface area contributed by atoms with E-state index in [-0.39, 0.29) is 23.9 Å². The second kappa shape index (κ2) is 5.55. The molecule has 0 atom stereocenters. The second-order valence-electron chi connectivity index (χ2n) is 2.61. The third kappa shape index (κ3) is 3.75. The van der Waals surface area contributed by atoms with Crippen molar-refractivity contribution in [1.29, 1.82) is 0 Å². The van der Waals surface area contributed by atoms with E-state index in [1.165, 1.54) is 6.20 Å². The maximum Gasteiger partial charge on any atom is 0.280 e. The first-order chi connectivity index (χ1) is 7.13. The number of nitrogens with zero attached hydrogens (tertiary/aromatic N) is 2. The molecule has 0 unspecified atom stereocenters. The fourth-order valence-corrected chi connectivity index (χ4v) is 0.941. The Labute approximate surface area is 89.7 Å². The number of carbonyl (C=O) groups excluding carboxylic acids is 1. The van der Waals surface area contributed by atoms with Crippen LogP contribution in [-0.2, 0) is 11.3 Å². The van der Waals surface area contributed by atoms with Gasteiger partial charge in [-0.15, -0.1) is 11.6 Å². The molecular weight excluding hydrogens is 228 g/mol. The van der Waals surface area contributed by atoms with Crippen LogP contribution in [0.15, 0.2) is 12.3 Å². The number of nitrogens with one attached hydrogen (secondary N) is 1. The normalized spacial score (nSPS) is 10.4. The van der Waals surface area contributed by atoms with Gasteiger partial charge >= 0.3 is 0 Å². The molecule has 4 nitrogen and oxygen atoms in total. The van der Waals surface area contributed by atoms with Crippen LogP contribution in [0, 0.1) is 0 Å². The van der Waals surface area contributed by atoms with Crippen LogP contribution in [0.2, 0.25) is 0 Å². The number of hydrogen-bond donors (Lipinski definition) is 1. The summed E-state index contributed by atoms with van der Waals surface area (Å²) in [6.45, 7) is -0.00782. The Bertz CT molecular complexity index is 348. The summed E-state index contributed by atoms with van der Waals surface area (Å²) in [5.74, 6) is -0.455. The minimum Gasteiger partial charge on any atom is -0.348 e. The van der Waals surface area contributed by atoms with E-state index in [4.69, 9.17) is 11.6 Å². The molecule has 0 radical (unpaired) electrons. The van der Waals surface area contributed by atoms with Crippen LogP contribution in [0.1, 0.15) is 17.9 Å². The van der Waals surface area contributed by atoms with Gasteiger partial charge in [0, 0.05) is 6.20 Å². The smallest absolute Gasteiger partial charge is 0.280 e. The van der Waals surface area contributed by atoms with Crippen molar-refractivity contribution in [2.24, 2.45) is 0 Å². The molecule has 1 aromatic rings. The summed E-state index contributed by atoms with van der Waals surface area (Å²) < 4.78 is 24.4. The van der Waals surface area contributed by atoms with E-state index in [9.17, 15) is 13.6 Å². The van der Waals surface area contributed by atoms with Gasteiger partial charge in [-0.05, 0) is 6.07 Å². The summed E-state index contributed by atoms with van der Waals surface area (Å²) in [6, 6.07) is 1.12. The van der Waals surface area contributed by atoms with Gasteiger partial charge in [-0.2, -0.15) is 0 Å². The van der Waals surface area contributed by atoms with Gasteiger partial charge in [-0.25, -0.2) is 18.7 Å². The molecule has 0 fully saturated rings. The second-order valence-corrected chi connectivity index (χ2v) is 2.88. The van der Waals surface area contributed by atoms with Crippen molar-refractivity contribution in [3.8, 4) is 0 Å². The lowest BCUT2D eigenvalue weighted by molar-refractivity contribution is -0.118. The van der Waals surface area contributed by atoms with E-state index in [1.54, 1.807) is 0 Å². The number of amides is 1. The lowest BCUT2D eigenvalue weighted by atomic mass is 10.4. The van der Waals surface area contributed by atoms with Crippen LogP contribution in [-0.4, -0.2) is 21.8 Å². The minimum atomic E-state index is -2.64. The molecule has 0 aromatic carbocycles. The van der Waals surface area contributed by atoms with Crippen LogP contribution in [0.5, 0.6) is 0 Å². The van der Waals surface area contributed by atoms with Crippen LogP contribution in [0.3, 0.4) is 0 Å². The topological polar surface area (TPSA) is 54.9 Å². The van der Waals surface area contributed by atoms with Crippen molar-refractivity contribution in [1.82, 2.24) is 15.3 Å². The van der Waals surface area contributed by atoms with Gasteiger partial charge in [0.15, 0.2) is 0 Å². The number of halogens is 3. The molecule has 1 N–H and O–H groups in total. The van der Waals surface area contributed by atoms with Gasteiger partial charge in [0.25, 0.3) is 6.43 Å². The van der Waals surface area contributed by atoms with Gasteiger partial charge in [0.05, 0.1) is 6.54 Å². The molecule has 1 rings (SSSR count). The van der Waals surface area contributed by atoms with Crippen molar-refractivity contribution in [2.75, 3.05) is 5.88 Å². The SMILES string of the molecule is O=C(CCl)NCc1nccc(C(F)F)n1. The van der Waals surface area contributed by atoms with Crippen molar-refractivity contribution in [3.05, 3.63) is 23.8 Å². The Morgan fingerprint density at radius 3 is 2.93 bits per heavy atom. The number of carbonyl (C=O) groups is 1. The number of alkyl halides is 3. The summed E-state index contributed by atoms with van der Waals surface area (Å²) in [4.78, 5) is 18.0. The maximum atomic E-state index is 12.2. The molecule has 82 valence electrons. The molecule has 0 spiro atoms. The van der Waals surface area contributed by atoms with Crippen LogP contribution < -0.4 is 5.32 Å². The van der Waals surface area contributed by atoms with Crippen molar-refractivity contribution >= 4 is 17.5 Å². The quantitative estimate of drug-likeness (QED) is 0.800. The highest BCUT2D eigenvalue weighted by atomic mass is 35.5. The third-order valence-corrected chi connectivity index (χ3v) is 1.76. The average Bonchev–Trinajstić information content (AvgIpc) is 2.26. The van der Waals surface area contributed by atoms with Crippen LogP contribution in [0.4, 0.5) is 8.78 Å². The van der Waals surface area contributed by atoms with Crippen molar-refractivity contribution in [2.45, 2.75) is 13.0 Å². The number of aromatic nitrogens is 2. The van der Waals surface area contributed by atoms with E-state index in [0.29, 0.717) is 0 Å². The first-order valence-corrected chi connectivity index (χ1v) is 4.59. The lowest BCUT2D eigenvalue weighted by Gasteiger charge is -2.03. The van der Waals surface area contributed by atoms with E-state index >= 15 is 0 Å². The monoisotopic (exact) mass is 235 g/mol. The van der Waals surface area contributed by atoms with Gasteiger partial charge in [-0.3, -0.25) is 4.79 Å². The van der Waals surface area contributed by atoms with Crippen molar-refractivity contribution in [3.63, 3.8) is 0 Å². The standard InChI is InChI=1S/C8H8ClF2N3O/c9-3-7(15)13-4-6-12-2-1-5(14-6)8(10)11/h1-2,8H,3-4H2,(H,13,15). The summed E-state index contributed by atoms with van der Waals surface area (Å²) in [5, 5.41) is 2.37. The van der Waals surface area contributed by atoms with E-state index in [2.05, 4.69) is 15.3 Å². The Morgan fingerprint density at radius 1 is 1.60 bits per heavy atom. The van der Waals surface area contributed by atoms with Crippen LogP contribution >= 0.6 is 11.6 Å². The largest absolute Gasteiger partial charge is 0.348 e. The highest BCUT2D eigenvalue weighted by molar-refractivity contribution is 6.27. The van der Waals surface area contributed by atoms with Gasteiger partial charge in [0.1, 0.15) is 17.4 Å². The summed E-state index contributed by atoms with van der Waals surface area (Å²) in [5.41, 5.74) is -0.361. The van der Waals surface area contributed by atoms with Gasteiger partial charge in [-0.1, -0.05) is 0 Å². The molecule has 1 aromatic heterocycles. The van der Waals surface area contributed by atoms with E-state index < -0.39 is 12.3 Å². The fourth-order valence-electron chi connectivity index (χ4n) is 0.846. The molecule has 1 heterocycles. The maximum absolute atomic E-state index is 12.2. The lowest BCUT2D eigenvalue weighted by Crippen LogP contribution is -2.24. The molecule has 0 aliphatic rings. The highest BCUT2D eigenvalue weighted by Gasteiger charge is 2.09. The molecule has 0 saturated carbocycles. The number of rotatable bonds is 4. The fraction of sp³-hybridized carbons (Fsp3) is 0.375. The average molecular weight is 236 g/mol. The molecule has 0 aliphatic carbocycles. The molecule has 0 aliphatic heterocycles. The Hall–Kier alpha value is -1.30. The summed E-state index contributed by atoms with van der Waals surface area (Å²) in [6.07, 6.45) is -1.42. The Morgan fingerprint density at radius 2 is 2.33 bits per heavy atom. The van der Waals surface area contributed by atoms with Crippen LogP contribution in [0.25, 0.3) is 0 Å². The summed E-state index contributed by atoms with van der Waals surface area (Å²) in [7, 11) is 0. The minimum absolute atomic E-state index is 0.00782. The summed E-state index contributed by atoms with van der Waals surface area (Å²) >= 11 is 5.23. The molecule has 1 amide bonds. The van der Waals surface area contributed by atoms with Gasteiger partial charge in [0.2, 0.25) is 5.91 Å². The third-order valence-electron chi connectivity index (χ3n) is 1.52. The Kier molecular flexibility index (Phi) is 4.36. The first-order valence-electron chi connectivity index (χ1n) is 4.06. The zero-order valence-corrected chi connectivity index (χ0v) is 8.34. The van der Waals surface area contributed by atoms with Crippen molar-refractivity contribution < 1.29 is 13.6 Å². The first kappa shape index (κ1) is 11.8. The van der Waals surface area contributed by atoms with E-state index in [0.717, 1.165) is 6.07 Å². The Balaban J connectivity index is 2.61. The molecule has 0 saturated heterocycles. The predicted octanol–water partition coefficient (Wildman–Crippen LogP) is 1.27. The highest BCUT2D eigenvalue weighted by Crippen LogP contribution is 2.14. The molecule has 0 bridgehead atoms.